The number of nitrogens with two attached hydrogens (primary N) is 4. The Labute approximate surface area is 169 Å². The number of aliphatic imine (C=N–C) groups is 1. The van der Waals surface area contributed by atoms with Crippen LogP contribution in [0, 0.1) is 5.92 Å². The standard InChI is InChI=1S/C17H33N7O5/c1-9(2)8-12(16(28)29)24-15(27)11(4-3-7-22-17(20)21)23-14(26)10(18)5-6-13(19)25/h9-12H,3-8,18H2,1-2H3,(H2,19,25)(H,23,26)(H,24,27)(H,28,29)(H4,20,21,22). The fourth-order valence-corrected chi connectivity index (χ4v) is 2.45. The monoisotopic (exact) mass is 415 g/mol. The first kappa shape index (κ1) is 26.1. The SMILES string of the molecule is CC(C)CC(NC(=O)C(CCCN=C(N)N)NC(=O)C(N)CCC(N)=O)C(=O)O. The van der Waals surface area contributed by atoms with Gasteiger partial charge in [-0.1, -0.05) is 13.8 Å². The smallest absolute Gasteiger partial charge is 0.326 e. The molecule has 0 fully saturated rings. The lowest BCUT2D eigenvalue weighted by molar-refractivity contribution is -0.142. The van der Waals surface area contributed by atoms with Crippen LogP contribution in [0.3, 0.4) is 0 Å². The zero-order chi connectivity index (χ0) is 22.6. The van der Waals surface area contributed by atoms with Gasteiger partial charge in [0.1, 0.15) is 12.1 Å². The summed E-state index contributed by atoms with van der Waals surface area (Å²) in [5.41, 5.74) is 21.3. The van der Waals surface area contributed by atoms with Crippen LogP contribution in [0.1, 0.15) is 46.0 Å². The highest BCUT2D eigenvalue weighted by molar-refractivity contribution is 5.91. The Morgan fingerprint density at radius 2 is 1.55 bits per heavy atom. The van der Waals surface area contributed by atoms with E-state index in [1.54, 1.807) is 0 Å². The zero-order valence-electron chi connectivity index (χ0n) is 16.9. The van der Waals surface area contributed by atoms with Gasteiger partial charge in [0.15, 0.2) is 5.96 Å². The van der Waals surface area contributed by atoms with Gasteiger partial charge in [0, 0.05) is 13.0 Å². The van der Waals surface area contributed by atoms with Gasteiger partial charge < -0.3 is 38.7 Å². The summed E-state index contributed by atoms with van der Waals surface area (Å²) in [6.07, 6.45) is 0.688. The fourth-order valence-electron chi connectivity index (χ4n) is 2.45. The van der Waals surface area contributed by atoms with Crippen molar-refractivity contribution in [1.82, 2.24) is 10.6 Å². The van der Waals surface area contributed by atoms with Crippen molar-refractivity contribution in [3.05, 3.63) is 0 Å². The maximum absolute atomic E-state index is 12.6. The van der Waals surface area contributed by atoms with Gasteiger partial charge in [-0.05, 0) is 31.6 Å². The molecule has 3 atom stereocenters. The first-order valence-electron chi connectivity index (χ1n) is 9.36. The third-order valence-corrected chi connectivity index (χ3v) is 3.94. The molecule has 0 aliphatic rings. The van der Waals surface area contributed by atoms with Crippen LogP contribution in [0.4, 0.5) is 0 Å². The van der Waals surface area contributed by atoms with Gasteiger partial charge in [0.05, 0.1) is 6.04 Å². The van der Waals surface area contributed by atoms with Crippen molar-refractivity contribution in [3.8, 4) is 0 Å². The van der Waals surface area contributed by atoms with E-state index in [1.165, 1.54) is 0 Å². The van der Waals surface area contributed by atoms with E-state index in [0.29, 0.717) is 6.42 Å². The molecule has 0 saturated carbocycles. The third kappa shape index (κ3) is 12.2. The number of aliphatic carboxylic acids is 1. The van der Waals surface area contributed by atoms with Crippen LogP contribution >= 0.6 is 0 Å². The number of nitrogens with zero attached hydrogens (tertiary/aromatic N) is 1. The van der Waals surface area contributed by atoms with E-state index in [0.717, 1.165) is 0 Å². The third-order valence-electron chi connectivity index (χ3n) is 3.94. The second-order valence-electron chi connectivity index (χ2n) is 7.15. The van der Waals surface area contributed by atoms with Gasteiger partial charge in [-0.25, -0.2) is 4.79 Å². The maximum atomic E-state index is 12.6. The molecule has 0 aliphatic heterocycles. The fraction of sp³-hybridized carbons (Fsp3) is 0.706. The molecule has 29 heavy (non-hydrogen) atoms. The van der Waals surface area contributed by atoms with E-state index >= 15 is 0 Å². The average Bonchev–Trinajstić information content (AvgIpc) is 2.60. The van der Waals surface area contributed by atoms with E-state index in [-0.39, 0.29) is 44.1 Å². The molecular formula is C17H33N7O5. The molecule has 11 N–H and O–H groups in total. The van der Waals surface area contributed by atoms with Crippen LogP contribution in [-0.2, 0) is 19.2 Å². The molecule has 0 aromatic heterocycles. The number of hydrogen-bond acceptors (Lipinski definition) is 6. The van der Waals surface area contributed by atoms with Gasteiger partial charge in [0.2, 0.25) is 17.7 Å². The van der Waals surface area contributed by atoms with Gasteiger partial charge in [-0.2, -0.15) is 0 Å². The number of primary amides is 1. The van der Waals surface area contributed by atoms with Gasteiger partial charge in [-0.15, -0.1) is 0 Å². The first-order valence-corrected chi connectivity index (χ1v) is 9.36. The molecule has 0 radical (unpaired) electrons. The van der Waals surface area contributed by atoms with E-state index in [2.05, 4.69) is 15.6 Å². The topological polar surface area (TPSA) is 229 Å². The number of amides is 3. The lowest BCUT2D eigenvalue weighted by atomic mass is 10.0. The number of carbonyl (C=O) groups excluding carboxylic acids is 3. The predicted molar refractivity (Wildman–Crippen MR) is 107 cm³/mol. The molecule has 0 aliphatic carbocycles. The number of nitrogens with one attached hydrogen (secondary N) is 2. The van der Waals surface area contributed by atoms with Crippen molar-refractivity contribution < 1.29 is 24.3 Å². The van der Waals surface area contributed by atoms with E-state index < -0.39 is 41.8 Å². The van der Waals surface area contributed by atoms with Gasteiger partial charge >= 0.3 is 5.97 Å². The summed E-state index contributed by atoms with van der Waals surface area (Å²) in [6, 6.07) is -3.17. The van der Waals surface area contributed by atoms with Crippen LogP contribution in [0.5, 0.6) is 0 Å². The zero-order valence-corrected chi connectivity index (χ0v) is 16.9. The van der Waals surface area contributed by atoms with Crippen molar-refractivity contribution in [2.45, 2.75) is 64.1 Å². The Kier molecular flexibility index (Phi) is 12.0. The van der Waals surface area contributed by atoms with Crippen molar-refractivity contribution in [2.75, 3.05) is 6.54 Å². The summed E-state index contributed by atoms with van der Waals surface area (Å²) < 4.78 is 0. The molecule has 0 spiro atoms. The minimum atomic E-state index is -1.17. The van der Waals surface area contributed by atoms with Gasteiger partial charge in [-0.3, -0.25) is 19.4 Å². The van der Waals surface area contributed by atoms with Crippen molar-refractivity contribution in [3.63, 3.8) is 0 Å². The second-order valence-corrected chi connectivity index (χ2v) is 7.15. The van der Waals surface area contributed by atoms with E-state index in [4.69, 9.17) is 22.9 Å². The Morgan fingerprint density at radius 3 is 2.03 bits per heavy atom. The summed E-state index contributed by atoms with van der Waals surface area (Å²) in [5, 5.41) is 14.2. The predicted octanol–water partition coefficient (Wildman–Crippen LogP) is -2.27. The minimum Gasteiger partial charge on any atom is -0.480 e. The highest BCUT2D eigenvalue weighted by Gasteiger charge is 2.28. The van der Waals surface area contributed by atoms with Crippen LogP contribution in [0.25, 0.3) is 0 Å². The van der Waals surface area contributed by atoms with Crippen molar-refractivity contribution >= 4 is 29.7 Å². The number of carboxylic acids is 1. The molecular weight excluding hydrogens is 382 g/mol. The molecule has 0 rings (SSSR count). The summed E-state index contributed by atoms with van der Waals surface area (Å²) in [5.74, 6) is -3.14. The van der Waals surface area contributed by atoms with Crippen LogP contribution < -0.4 is 33.6 Å². The number of carbonyl (C=O) groups is 4. The quantitative estimate of drug-likeness (QED) is 0.0926. The Bertz CT molecular complexity index is 605. The lowest BCUT2D eigenvalue weighted by Crippen LogP contribution is -2.54. The number of carboxylic acid groups (broad SMARTS) is 1. The molecule has 12 heteroatoms. The largest absolute Gasteiger partial charge is 0.480 e. The Morgan fingerprint density at radius 1 is 0.966 bits per heavy atom. The summed E-state index contributed by atoms with van der Waals surface area (Å²) in [7, 11) is 0. The Hall–Kier alpha value is -2.89. The number of hydrogen-bond donors (Lipinski definition) is 7. The molecule has 0 aromatic carbocycles. The molecule has 3 unspecified atom stereocenters. The second kappa shape index (κ2) is 13.3. The number of guanidine groups is 1. The molecule has 0 aromatic rings. The summed E-state index contributed by atoms with van der Waals surface area (Å²) in [4.78, 5) is 50.9. The average molecular weight is 415 g/mol. The Balaban J connectivity index is 5.11. The lowest BCUT2D eigenvalue weighted by Gasteiger charge is -2.23. The van der Waals surface area contributed by atoms with Crippen molar-refractivity contribution in [1.29, 1.82) is 0 Å². The molecule has 12 nitrogen and oxygen atoms in total. The van der Waals surface area contributed by atoms with E-state index in [1.807, 2.05) is 13.8 Å². The van der Waals surface area contributed by atoms with Crippen LogP contribution in [0.2, 0.25) is 0 Å². The van der Waals surface area contributed by atoms with Crippen LogP contribution in [0.15, 0.2) is 4.99 Å². The van der Waals surface area contributed by atoms with E-state index in [9.17, 15) is 24.3 Å². The maximum Gasteiger partial charge on any atom is 0.326 e. The van der Waals surface area contributed by atoms with Gasteiger partial charge in [0.25, 0.3) is 0 Å². The number of rotatable bonds is 14. The van der Waals surface area contributed by atoms with Crippen molar-refractivity contribution in [2.24, 2.45) is 33.8 Å². The summed E-state index contributed by atoms with van der Waals surface area (Å²) in [6.45, 7) is 3.88. The van der Waals surface area contributed by atoms with Crippen LogP contribution in [-0.4, -0.2) is 59.4 Å². The molecule has 166 valence electrons. The molecule has 3 amide bonds. The molecule has 0 saturated heterocycles. The highest BCUT2D eigenvalue weighted by Crippen LogP contribution is 2.07. The molecule has 0 heterocycles. The highest BCUT2D eigenvalue weighted by atomic mass is 16.4. The normalized spacial score (nSPS) is 13.8. The first-order chi connectivity index (χ1) is 13.4. The molecule has 0 bridgehead atoms. The summed E-state index contributed by atoms with van der Waals surface area (Å²) >= 11 is 0. The minimum absolute atomic E-state index is 0.0224.